The number of ether oxygens (including phenoxy) is 4. The Balaban J connectivity index is 0.000000250. The van der Waals surface area contributed by atoms with E-state index in [1.54, 1.807) is 49.5 Å². The van der Waals surface area contributed by atoms with Gasteiger partial charge in [-0.3, -0.25) is 19.2 Å². The molecule has 362 valence electrons. The largest absolute Gasteiger partial charge is 0.489 e. The molecule has 16 heteroatoms. The van der Waals surface area contributed by atoms with Crippen LogP contribution in [0.2, 0.25) is 0 Å². The Morgan fingerprint density at radius 1 is 0.565 bits per heavy atom. The number of nitrogens with zero attached hydrogens (tertiary/aromatic N) is 1. The van der Waals surface area contributed by atoms with E-state index in [1.165, 1.54) is 43.4 Å². The number of carbonyl (C=O) groups excluding carboxylic acids is 4. The number of methoxy groups -OCH3 is 2. The van der Waals surface area contributed by atoms with Gasteiger partial charge in [0.25, 0.3) is 11.8 Å². The van der Waals surface area contributed by atoms with Crippen LogP contribution in [0, 0.1) is 0 Å². The molecule has 2 aliphatic heterocycles. The van der Waals surface area contributed by atoms with E-state index in [-0.39, 0.29) is 58.8 Å². The lowest BCUT2D eigenvalue weighted by atomic mass is 10.0. The van der Waals surface area contributed by atoms with Crippen LogP contribution in [-0.4, -0.2) is 49.9 Å². The predicted molar refractivity (Wildman–Crippen MR) is 247 cm³/mol. The average Bonchev–Trinajstić information content (AvgIpc) is 3.76. The molecule has 0 aliphatic carbocycles. The summed E-state index contributed by atoms with van der Waals surface area (Å²) in [5.74, 6) is -0.304. The smallest absolute Gasteiger partial charge is 0.416 e. The Morgan fingerprint density at radius 3 is 1.48 bits per heavy atom. The first-order valence-electron chi connectivity index (χ1n) is 20.7. The summed E-state index contributed by atoms with van der Waals surface area (Å²) in [6, 6.07) is 34.1. The summed E-state index contributed by atoms with van der Waals surface area (Å²) in [4.78, 5) is 49.7. The average molecular weight is 957 g/mol. The molecule has 2 aliphatic rings. The number of hydrogen-bond donors (Lipinski definition) is 1. The molecule has 0 bridgehead atoms. The lowest BCUT2D eigenvalue weighted by molar-refractivity contribution is -0.142. The Bertz CT molecular complexity index is 2790. The summed E-state index contributed by atoms with van der Waals surface area (Å²) >= 11 is 0. The second kappa shape index (κ2) is 22.0. The summed E-state index contributed by atoms with van der Waals surface area (Å²) in [7, 11) is 4.25. The number of hydrogen-bond acceptors (Lipinski definition) is 8. The summed E-state index contributed by atoms with van der Waals surface area (Å²) in [5, 5.41) is 2.76. The van der Waals surface area contributed by atoms with Gasteiger partial charge in [-0.15, -0.1) is 0 Å². The molecule has 2 unspecified atom stereocenters. The fraction of sp³-hybridized carbons (Fsp3) is 0.245. The third-order valence-electron chi connectivity index (χ3n) is 11.3. The highest BCUT2D eigenvalue weighted by molar-refractivity contribution is 6.00. The van der Waals surface area contributed by atoms with Crippen LogP contribution >= 0.6 is 0 Å². The summed E-state index contributed by atoms with van der Waals surface area (Å²) in [5.41, 5.74) is 5.50. The van der Waals surface area contributed by atoms with E-state index in [9.17, 15) is 45.5 Å². The minimum atomic E-state index is -4.38. The molecular weight excluding hydrogens is 907 g/mol. The van der Waals surface area contributed by atoms with Gasteiger partial charge >= 0.3 is 24.3 Å². The van der Waals surface area contributed by atoms with Crippen LogP contribution in [0.25, 0.3) is 22.3 Å². The van der Waals surface area contributed by atoms with E-state index < -0.39 is 41.5 Å². The number of benzene rings is 6. The molecule has 8 rings (SSSR count). The predicted octanol–water partition coefficient (Wildman–Crippen LogP) is 12.2. The van der Waals surface area contributed by atoms with Gasteiger partial charge in [-0.1, -0.05) is 87.6 Å². The molecule has 69 heavy (non-hydrogen) atoms. The van der Waals surface area contributed by atoms with Gasteiger partial charge in [-0.25, -0.2) is 0 Å². The van der Waals surface area contributed by atoms with Crippen molar-refractivity contribution in [1.82, 2.24) is 10.2 Å². The van der Waals surface area contributed by atoms with Gasteiger partial charge in [0.2, 0.25) is 0 Å². The van der Waals surface area contributed by atoms with Crippen molar-refractivity contribution in [3.05, 3.63) is 178 Å². The number of alkyl halides is 6. The van der Waals surface area contributed by atoms with Crippen LogP contribution < -0.4 is 14.8 Å². The fourth-order valence-electron chi connectivity index (χ4n) is 7.70. The quantitative estimate of drug-likeness (QED) is 0.0951. The lowest BCUT2D eigenvalue weighted by Gasteiger charge is -2.19. The molecule has 2 heterocycles. The first kappa shape index (κ1) is 52.4. The summed E-state index contributed by atoms with van der Waals surface area (Å²) in [6.45, 7) is 0.420. The standard InChI is InChI=1S/C26H22F3NO4.C25H20F3NO4.2CH4/c1-30-23(14-24(31)33-2)21-11-10-20(13-22(21)25(30)32)34-15-16-4-3-5-18(12-16)17-6-8-19(9-7-17)26(27,28)29;1-32-23(30)13-22-20-10-9-19(12-21(20)24(31)29-22)33-14-15-3-2-4-17(11-15)16-5-7-18(8-6-16)25(26,27)28;;/h3-13,23H,14-15H2,1-2H3;2-12,22H,13-14H2,1H3,(H,29,31);2*1H4. The highest BCUT2D eigenvalue weighted by atomic mass is 19.4. The number of carbonyl (C=O) groups is 4. The maximum absolute atomic E-state index is 12.8. The van der Waals surface area contributed by atoms with Crippen molar-refractivity contribution >= 4 is 23.8 Å². The van der Waals surface area contributed by atoms with Crippen molar-refractivity contribution in [3.63, 3.8) is 0 Å². The molecule has 0 aromatic heterocycles. The molecule has 1 N–H and O–H groups in total. The Morgan fingerprint density at radius 2 is 1.01 bits per heavy atom. The molecular formula is C53H50F6N2O8. The highest BCUT2D eigenvalue weighted by Gasteiger charge is 2.36. The third kappa shape index (κ3) is 12.5. The van der Waals surface area contributed by atoms with Crippen molar-refractivity contribution < 1.29 is 64.5 Å². The highest BCUT2D eigenvalue weighted by Crippen LogP contribution is 2.38. The van der Waals surface area contributed by atoms with E-state index in [1.807, 2.05) is 42.5 Å². The second-order valence-corrected chi connectivity index (χ2v) is 15.6. The van der Waals surface area contributed by atoms with Gasteiger partial charge in [0, 0.05) is 18.2 Å². The molecule has 0 radical (unpaired) electrons. The SMILES string of the molecule is C.C.COC(=O)CC1NC(=O)c2cc(OCc3cccc(-c4ccc(C(F)(F)F)cc4)c3)ccc21.COC(=O)CC1c2ccc(OCc3cccc(-c4ccc(C(F)(F)F)cc4)c3)cc2C(=O)N1C. The van der Waals surface area contributed by atoms with Crippen LogP contribution in [0.15, 0.2) is 133 Å². The van der Waals surface area contributed by atoms with E-state index in [2.05, 4.69) is 10.1 Å². The van der Waals surface area contributed by atoms with Crippen LogP contribution in [0.3, 0.4) is 0 Å². The molecule has 10 nitrogen and oxygen atoms in total. The number of fused-ring (bicyclic) bond motifs is 2. The van der Waals surface area contributed by atoms with Gasteiger partial charge < -0.3 is 29.2 Å². The maximum Gasteiger partial charge on any atom is 0.416 e. The minimum absolute atomic E-state index is 0. The van der Waals surface area contributed by atoms with Crippen LogP contribution in [0.4, 0.5) is 26.3 Å². The van der Waals surface area contributed by atoms with Gasteiger partial charge in [-0.2, -0.15) is 26.3 Å². The molecule has 0 saturated heterocycles. The monoisotopic (exact) mass is 956 g/mol. The fourth-order valence-corrected chi connectivity index (χ4v) is 7.70. The third-order valence-corrected chi connectivity index (χ3v) is 11.3. The van der Waals surface area contributed by atoms with Crippen molar-refractivity contribution in [2.45, 2.75) is 65.3 Å². The molecule has 2 atom stereocenters. The van der Waals surface area contributed by atoms with Gasteiger partial charge in [0.15, 0.2) is 0 Å². The van der Waals surface area contributed by atoms with Crippen LogP contribution in [0.1, 0.15) is 93.9 Å². The van der Waals surface area contributed by atoms with Gasteiger partial charge in [0.05, 0.1) is 50.3 Å². The topological polar surface area (TPSA) is 120 Å². The summed E-state index contributed by atoms with van der Waals surface area (Å²) in [6.07, 6.45) is -8.63. The first-order valence-corrected chi connectivity index (χ1v) is 20.7. The van der Waals surface area contributed by atoms with Crippen LogP contribution in [-0.2, 0) is 44.6 Å². The van der Waals surface area contributed by atoms with Gasteiger partial charge in [-0.05, 0) is 105 Å². The number of esters is 2. The number of rotatable bonds is 12. The Hall–Kier alpha value is -7.62. The zero-order chi connectivity index (χ0) is 48.0. The molecule has 0 saturated carbocycles. The lowest BCUT2D eigenvalue weighted by Crippen LogP contribution is -2.25. The van der Waals surface area contributed by atoms with Crippen molar-refractivity contribution in [3.8, 4) is 33.8 Å². The second-order valence-electron chi connectivity index (χ2n) is 15.6. The zero-order valence-electron chi connectivity index (χ0n) is 36.2. The molecule has 6 aromatic rings. The molecule has 0 spiro atoms. The van der Waals surface area contributed by atoms with E-state index in [0.29, 0.717) is 39.3 Å². The van der Waals surface area contributed by atoms with E-state index in [4.69, 9.17) is 14.2 Å². The van der Waals surface area contributed by atoms with Crippen molar-refractivity contribution in [2.75, 3.05) is 21.3 Å². The number of amides is 2. The van der Waals surface area contributed by atoms with Gasteiger partial charge in [0.1, 0.15) is 24.7 Å². The van der Waals surface area contributed by atoms with E-state index in [0.717, 1.165) is 52.1 Å². The number of halogens is 6. The Labute approximate surface area is 395 Å². The zero-order valence-corrected chi connectivity index (χ0v) is 36.2. The molecule has 6 aromatic carbocycles. The normalized spacial score (nSPS) is 14.7. The van der Waals surface area contributed by atoms with Crippen LogP contribution in [0.5, 0.6) is 11.5 Å². The van der Waals surface area contributed by atoms with E-state index >= 15 is 0 Å². The Kier molecular flexibility index (Phi) is 16.7. The van der Waals surface area contributed by atoms with Crippen molar-refractivity contribution in [2.24, 2.45) is 0 Å². The maximum atomic E-state index is 12.8. The molecule has 0 fully saturated rings. The first-order chi connectivity index (χ1) is 31.9. The van der Waals surface area contributed by atoms with Crippen molar-refractivity contribution in [1.29, 1.82) is 0 Å². The summed E-state index contributed by atoms with van der Waals surface area (Å²) < 4.78 is 97.9. The number of nitrogens with one attached hydrogen (secondary N) is 1. The molecule has 2 amide bonds. The minimum Gasteiger partial charge on any atom is -0.489 e.